The first-order valence-electron chi connectivity index (χ1n) is 7.52. The number of carboxylic acids is 1. The lowest BCUT2D eigenvalue weighted by molar-refractivity contribution is 0.0699. The zero-order valence-corrected chi connectivity index (χ0v) is 13.3. The Labute approximate surface area is 138 Å². The van der Waals surface area contributed by atoms with Gasteiger partial charge in [-0.25, -0.2) is 14.2 Å². The van der Waals surface area contributed by atoms with Crippen molar-refractivity contribution in [2.75, 3.05) is 0 Å². The van der Waals surface area contributed by atoms with Gasteiger partial charge in [0.1, 0.15) is 5.82 Å². The number of rotatable bonds is 4. The third-order valence-electron chi connectivity index (χ3n) is 3.73. The Hall–Kier alpha value is -3.02. The van der Waals surface area contributed by atoms with Gasteiger partial charge in [-0.1, -0.05) is 6.92 Å². The van der Waals surface area contributed by atoms with Gasteiger partial charge in [0.25, 0.3) is 0 Å². The Morgan fingerprint density at radius 1 is 1.33 bits per heavy atom. The Morgan fingerprint density at radius 2 is 2.12 bits per heavy atom. The molecule has 0 amide bonds. The van der Waals surface area contributed by atoms with E-state index in [-0.39, 0.29) is 5.56 Å². The number of hydrogen-bond acceptors (Lipinski definition) is 3. The van der Waals surface area contributed by atoms with Crippen molar-refractivity contribution >= 4 is 29.0 Å². The summed E-state index contributed by atoms with van der Waals surface area (Å²) in [4.78, 5) is 15.8. The van der Waals surface area contributed by atoms with E-state index in [0.717, 1.165) is 17.7 Å². The van der Waals surface area contributed by atoms with Crippen molar-refractivity contribution in [1.29, 1.82) is 0 Å². The molecule has 2 heterocycles. The molecule has 0 aliphatic rings. The van der Waals surface area contributed by atoms with Crippen LogP contribution in [0.2, 0.25) is 0 Å². The number of fused-ring (bicyclic) bond motifs is 1. The summed E-state index contributed by atoms with van der Waals surface area (Å²) in [5, 5.41) is 14.2. The van der Waals surface area contributed by atoms with Crippen LogP contribution in [-0.4, -0.2) is 25.8 Å². The minimum Gasteiger partial charge on any atom is -0.478 e. The first kappa shape index (κ1) is 15.9. The first-order chi connectivity index (χ1) is 11.5. The number of halogens is 1. The van der Waals surface area contributed by atoms with Crippen LogP contribution in [0.5, 0.6) is 0 Å². The van der Waals surface area contributed by atoms with E-state index in [0.29, 0.717) is 16.6 Å². The number of aromatic carboxylic acids is 1. The monoisotopic (exact) mass is 325 g/mol. The van der Waals surface area contributed by atoms with Crippen LogP contribution in [0.15, 0.2) is 30.5 Å². The van der Waals surface area contributed by atoms with Gasteiger partial charge in [0, 0.05) is 30.3 Å². The Balaban J connectivity index is 2.09. The molecule has 0 spiro atoms. The van der Waals surface area contributed by atoms with Crippen molar-refractivity contribution in [2.45, 2.75) is 13.3 Å². The number of hydrogen-bond donors (Lipinski definition) is 1. The number of aromatic nitrogens is 3. The van der Waals surface area contributed by atoms with Gasteiger partial charge in [0.05, 0.1) is 22.5 Å². The summed E-state index contributed by atoms with van der Waals surface area (Å²) >= 11 is 0. The molecule has 0 aliphatic carbocycles. The lowest BCUT2D eigenvalue weighted by Crippen LogP contribution is -2.00. The maximum absolute atomic E-state index is 13.4. The highest BCUT2D eigenvalue weighted by Gasteiger charge is 2.12. The SMILES string of the molecule is CCc1nn(C)cc1C=Cc1cc(C(=O)O)c2ccc(F)cc2n1. The van der Waals surface area contributed by atoms with E-state index in [1.54, 1.807) is 10.8 Å². The minimum atomic E-state index is -1.07. The average molecular weight is 325 g/mol. The van der Waals surface area contributed by atoms with Crippen LogP contribution in [0.25, 0.3) is 23.1 Å². The molecule has 0 radical (unpaired) electrons. The van der Waals surface area contributed by atoms with Crippen molar-refractivity contribution in [2.24, 2.45) is 7.05 Å². The van der Waals surface area contributed by atoms with E-state index in [4.69, 9.17) is 0 Å². The molecule has 0 bridgehead atoms. The molecule has 2 aromatic heterocycles. The topological polar surface area (TPSA) is 68.0 Å². The summed E-state index contributed by atoms with van der Waals surface area (Å²) in [6.45, 7) is 2.01. The van der Waals surface area contributed by atoms with Gasteiger partial charge in [0.2, 0.25) is 0 Å². The average Bonchev–Trinajstić information content (AvgIpc) is 2.91. The predicted molar refractivity (Wildman–Crippen MR) is 90.2 cm³/mol. The molecule has 24 heavy (non-hydrogen) atoms. The summed E-state index contributed by atoms with van der Waals surface area (Å²) in [6.07, 6.45) is 6.23. The summed E-state index contributed by atoms with van der Waals surface area (Å²) in [7, 11) is 1.84. The van der Waals surface area contributed by atoms with Gasteiger partial charge in [-0.3, -0.25) is 4.68 Å². The van der Waals surface area contributed by atoms with Crippen molar-refractivity contribution in [3.05, 3.63) is 58.8 Å². The summed E-state index contributed by atoms with van der Waals surface area (Å²) in [6, 6.07) is 5.39. The molecular weight excluding hydrogens is 309 g/mol. The normalized spacial score (nSPS) is 11.5. The molecule has 0 saturated carbocycles. The Kier molecular flexibility index (Phi) is 4.12. The lowest BCUT2D eigenvalue weighted by Gasteiger charge is -2.04. The molecule has 0 saturated heterocycles. The quantitative estimate of drug-likeness (QED) is 0.796. The molecular formula is C18H16FN3O2. The van der Waals surface area contributed by atoms with Crippen molar-refractivity contribution in [3.63, 3.8) is 0 Å². The fourth-order valence-electron chi connectivity index (χ4n) is 2.63. The van der Waals surface area contributed by atoms with Gasteiger partial charge >= 0.3 is 5.97 Å². The number of nitrogens with zero attached hydrogens (tertiary/aromatic N) is 3. The zero-order valence-electron chi connectivity index (χ0n) is 13.3. The molecule has 0 fully saturated rings. The molecule has 1 N–H and O–H groups in total. The van der Waals surface area contributed by atoms with E-state index < -0.39 is 11.8 Å². The van der Waals surface area contributed by atoms with Gasteiger partial charge < -0.3 is 5.11 Å². The van der Waals surface area contributed by atoms with E-state index in [1.807, 2.05) is 26.2 Å². The van der Waals surface area contributed by atoms with Gasteiger partial charge in [-0.2, -0.15) is 5.10 Å². The third-order valence-corrected chi connectivity index (χ3v) is 3.73. The summed E-state index contributed by atoms with van der Waals surface area (Å²) in [5.74, 6) is -1.52. The fraction of sp³-hybridized carbons (Fsp3) is 0.167. The first-order valence-corrected chi connectivity index (χ1v) is 7.52. The highest BCUT2D eigenvalue weighted by Crippen LogP contribution is 2.21. The van der Waals surface area contributed by atoms with Crippen molar-refractivity contribution in [3.8, 4) is 0 Å². The van der Waals surface area contributed by atoms with Crippen LogP contribution in [0.4, 0.5) is 4.39 Å². The highest BCUT2D eigenvalue weighted by molar-refractivity contribution is 6.03. The van der Waals surface area contributed by atoms with Gasteiger partial charge in [-0.15, -0.1) is 0 Å². The minimum absolute atomic E-state index is 0.0987. The number of aryl methyl sites for hydroxylation is 2. The van der Waals surface area contributed by atoms with Crippen LogP contribution in [0, 0.1) is 5.82 Å². The molecule has 3 rings (SSSR count). The predicted octanol–water partition coefficient (Wildman–Crippen LogP) is 3.54. The second-order valence-electron chi connectivity index (χ2n) is 5.45. The second kappa shape index (κ2) is 6.23. The molecule has 0 atom stereocenters. The van der Waals surface area contributed by atoms with Crippen molar-refractivity contribution < 1.29 is 14.3 Å². The van der Waals surface area contributed by atoms with Gasteiger partial charge in [0.15, 0.2) is 0 Å². The largest absolute Gasteiger partial charge is 0.478 e. The van der Waals surface area contributed by atoms with Crippen LogP contribution >= 0.6 is 0 Å². The van der Waals surface area contributed by atoms with E-state index in [9.17, 15) is 14.3 Å². The van der Waals surface area contributed by atoms with Crippen LogP contribution in [0.1, 0.15) is 34.2 Å². The number of carbonyl (C=O) groups is 1. The standard InChI is InChI=1S/C18H16FN3O2/c1-3-16-11(10-22(2)21-16)4-6-13-9-15(18(23)24)14-7-5-12(19)8-17(14)20-13/h4-10H,3H2,1-2H3,(H,23,24). The summed E-state index contributed by atoms with van der Waals surface area (Å²) in [5.41, 5.74) is 2.76. The smallest absolute Gasteiger partial charge is 0.336 e. The molecule has 3 aromatic rings. The molecule has 1 aromatic carbocycles. The molecule has 5 nitrogen and oxygen atoms in total. The molecule has 0 unspecified atom stereocenters. The number of benzene rings is 1. The van der Waals surface area contributed by atoms with Gasteiger partial charge in [-0.05, 0) is 36.8 Å². The fourth-order valence-corrected chi connectivity index (χ4v) is 2.63. The molecule has 6 heteroatoms. The van der Waals surface area contributed by atoms with E-state index in [1.165, 1.54) is 24.3 Å². The Bertz CT molecular complexity index is 960. The maximum atomic E-state index is 13.4. The highest BCUT2D eigenvalue weighted by atomic mass is 19.1. The summed E-state index contributed by atoms with van der Waals surface area (Å²) < 4.78 is 15.2. The third kappa shape index (κ3) is 3.03. The van der Waals surface area contributed by atoms with E-state index in [2.05, 4.69) is 10.1 Å². The number of carboxylic acid groups (broad SMARTS) is 1. The Morgan fingerprint density at radius 3 is 2.83 bits per heavy atom. The van der Waals surface area contributed by atoms with Crippen LogP contribution < -0.4 is 0 Å². The lowest BCUT2D eigenvalue weighted by atomic mass is 10.1. The second-order valence-corrected chi connectivity index (χ2v) is 5.45. The molecule has 122 valence electrons. The van der Waals surface area contributed by atoms with Crippen LogP contribution in [-0.2, 0) is 13.5 Å². The molecule has 0 aliphatic heterocycles. The van der Waals surface area contributed by atoms with E-state index >= 15 is 0 Å². The number of pyridine rings is 1. The van der Waals surface area contributed by atoms with Crippen molar-refractivity contribution in [1.82, 2.24) is 14.8 Å². The zero-order chi connectivity index (χ0) is 17.3. The van der Waals surface area contributed by atoms with Crippen LogP contribution in [0.3, 0.4) is 0 Å². The maximum Gasteiger partial charge on any atom is 0.336 e.